The Morgan fingerprint density at radius 2 is 1.74 bits per heavy atom. The number of rotatable bonds is 12. The summed E-state index contributed by atoms with van der Waals surface area (Å²) in [6, 6.07) is 6.55. The van der Waals surface area contributed by atoms with Crippen molar-refractivity contribution in [2.45, 2.75) is 38.2 Å². The maximum Gasteiger partial charge on any atom is 0.467 e. The normalized spacial score (nSPS) is 14.3. The van der Waals surface area contributed by atoms with Crippen LogP contribution in [-0.2, 0) is 38.2 Å². The van der Waals surface area contributed by atoms with Gasteiger partial charge in [0.05, 0.1) is 17.7 Å². The summed E-state index contributed by atoms with van der Waals surface area (Å²) >= 11 is 6.09. The van der Waals surface area contributed by atoms with Gasteiger partial charge >= 0.3 is 27.3 Å². The summed E-state index contributed by atoms with van der Waals surface area (Å²) in [5.74, 6) is -6.05. The van der Waals surface area contributed by atoms with Gasteiger partial charge in [-0.05, 0) is 25.1 Å². The van der Waals surface area contributed by atoms with Crippen molar-refractivity contribution in [2.24, 2.45) is 0 Å². The van der Waals surface area contributed by atoms with Crippen LogP contribution >= 0.6 is 11.6 Å². The van der Waals surface area contributed by atoms with Crippen LogP contribution in [0.15, 0.2) is 42.5 Å². The number of esters is 2. The van der Waals surface area contributed by atoms with Crippen molar-refractivity contribution >= 4 is 56.2 Å². The lowest BCUT2D eigenvalue weighted by molar-refractivity contribution is -0.183. The van der Waals surface area contributed by atoms with Crippen molar-refractivity contribution in [2.75, 3.05) is 13.2 Å². The highest BCUT2D eigenvalue weighted by atomic mass is 35.5. The molecule has 0 aliphatic carbocycles. The fourth-order valence-corrected chi connectivity index (χ4v) is 4.29. The Labute approximate surface area is 226 Å². The molecule has 15 heteroatoms. The lowest BCUT2D eigenvalue weighted by Gasteiger charge is -2.26. The van der Waals surface area contributed by atoms with Gasteiger partial charge in [-0.1, -0.05) is 43.7 Å². The van der Waals surface area contributed by atoms with Crippen LogP contribution in [-0.4, -0.2) is 62.0 Å². The summed E-state index contributed by atoms with van der Waals surface area (Å²) in [7, 11) is -6.26. The molecule has 1 heterocycles. The SMILES string of the molecule is C=C(C)C(=O)OC(CCC)OCCOC(=O)C(F)(F)S(=O)(=O)ON1C(=O)c2cccc3c(Cl)ccc(c23)C1=O. The van der Waals surface area contributed by atoms with Gasteiger partial charge in [0.2, 0.25) is 6.29 Å². The van der Waals surface area contributed by atoms with Crippen molar-refractivity contribution in [1.82, 2.24) is 5.06 Å². The molecule has 2 amide bonds. The second-order valence-corrected chi connectivity index (χ2v) is 10.2. The molecule has 1 unspecified atom stereocenters. The number of ether oxygens (including phenoxy) is 3. The minimum atomic E-state index is -6.26. The molecule has 0 bridgehead atoms. The van der Waals surface area contributed by atoms with Gasteiger partial charge in [-0.3, -0.25) is 9.59 Å². The van der Waals surface area contributed by atoms with Crippen LogP contribution in [0.5, 0.6) is 0 Å². The summed E-state index contributed by atoms with van der Waals surface area (Å²) in [6.07, 6.45) is -0.350. The summed E-state index contributed by atoms with van der Waals surface area (Å²) in [5, 5.41) is -5.14. The number of carbonyl (C=O) groups is 4. The highest BCUT2D eigenvalue weighted by Gasteiger charge is 2.58. The van der Waals surface area contributed by atoms with E-state index in [1.807, 2.05) is 0 Å². The smallest absolute Gasteiger partial charge is 0.458 e. The van der Waals surface area contributed by atoms with Crippen LogP contribution in [0.3, 0.4) is 0 Å². The number of imide groups is 1. The lowest BCUT2D eigenvalue weighted by Crippen LogP contribution is -2.48. The largest absolute Gasteiger partial charge is 0.467 e. The first-order chi connectivity index (χ1) is 18.2. The molecule has 2 aromatic carbocycles. The number of carbonyl (C=O) groups excluding carboxylic acids is 4. The molecule has 3 rings (SSSR count). The van der Waals surface area contributed by atoms with Crippen LogP contribution in [0.4, 0.5) is 8.78 Å². The van der Waals surface area contributed by atoms with E-state index in [1.54, 1.807) is 6.92 Å². The molecule has 0 spiro atoms. The van der Waals surface area contributed by atoms with Crippen LogP contribution < -0.4 is 0 Å². The number of amides is 2. The van der Waals surface area contributed by atoms with Crippen molar-refractivity contribution in [1.29, 1.82) is 0 Å². The van der Waals surface area contributed by atoms with Crippen molar-refractivity contribution in [3.05, 3.63) is 58.6 Å². The van der Waals surface area contributed by atoms with Crippen LogP contribution in [0.2, 0.25) is 5.02 Å². The van der Waals surface area contributed by atoms with Gasteiger partial charge in [-0.25, -0.2) is 9.59 Å². The molecule has 11 nitrogen and oxygen atoms in total. The number of hydrogen-bond donors (Lipinski definition) is 0. The number of halogens is 3. The zero-order chi connectivity index (χ0) is 29.1. The fraction of sp³-hybridized carbons (Fsp3) is 0.333. The van der Waals surface area contributed by atoms with Crippen LogP contribution in [0.25, 0.3) is 10.8 Å². The highest BCUT2D eigenvalue weighted by molar-refractivity contribution is 7.88. The number of alkyl halides is 2. The summed E-state index contributed by atoms with van der Waals surface area (Å²) < 4.78 is 72.5. The molecule has 0 aromatic heterocycles. The summed E-state index contributed by atoms with van der Waals surface area (Å²) in [4.78, 5) is 49.2. The molecule has 0 saturated carbocycles. The number of hydrogen-bond acceptors (Lipinski definition) is 10. The van der Waals surface area contributed by atoms with E-state index >= 15 is 0 Å². The number of nitrogens with zero attached hydrogens (tertiary/aromatic N) is 1. The van der Waals surface area contributed by atoms with E-state index in [4.69, 9.17) is 21.1 Å². The average molecular weight is 590 g/mol. The Morgan fingerprint density at radius 3 is 2.36 bits per heavy atom. The Kier molecular flexibility index (Phi) is 9.05. The van der Waals surface area contributed by atoms with Gasteiger partial charge in [-0.15, -0.1) is 9.35 Å². The second kappa shape index (κ2) is 11.7. The molecule has 39 heavy (non-hydrogen) atoms. The third-order valence-corrected chi connectivity index (χ3v) is 6.74. The quantitative estimate of drug-likeness (QED) is 0.118. The van der Waals surface area contributed by atoms with Crippen LogP contribution in [0, 0.1) is 0 Å². The Balaban J connectivity index is 1.68. The summed E-state index contributed by atoms with van der Waals surface area (Å²) in [6.45, 7) is 5.17. The van der Waals surface area contributed by atoms with Crippen molar-refractivity contribution in [3.8, 4) is 0 Å². The standard InChI is InChI=1S/C24H22ClF2NO10S/c1-4-6-18(37-22(31)13(2)3)35-11-12-36-23(32)24(26,27)39(33,34)38-28-20(29)15-8-5-7-14-17(25)10-9-16(19(14)15)21(28)30/h5,7-10,18H,2,4,6,11-12H2,1,3H3. The second-order valence-electron chi connectivity index (χ2n) is 8.18. The highest BCUT2D eigenvalue weighted by Crippen LogP contribution is 2.36. The number of hydroxylamine groups is 2. The van der Waals surface area contributed by atoms with E-state index < -0.39 is 58.6 Å². The van der Waals surface area contributed by atoms with Gasteiger partial charge in [0.25, 0.3) is 11.8 Å². The molecule has 1 aliphatic rings. The molecular formula is C24H22ClF2NO10S. The zero-order valence-corrected chi connectivity index (χ0v) is 22.1. The monoisotopic (exact) mass is 589 g/mol. The van der Waals surface area contributed by atoms with E-state index in [9.17, 15) is 36.4 Å². The fourth-order valence-electron chi connectivity index (χ4n) is 3.38. The predicted octanol–water partition coefficient (Wildman–Crippen LogP) is 3.75. The molecule has 1 aliphatic heterocycles. The molecular weight excluding hydrogens is 568 g/mol. The number of benzene rings is 2. The average Bonchev–Trinajstić information content (AvgIpc) is 2.88. The Bertz CT molecular complexity index is 1440. The zero-order valence-electron chi connectivity index (χ0n) is 20.6. The van der Waals surface area contributed by atoms with E-state index in [0.29, 0.717) is 11.8 Å². The molecule has 0 N–H and O–H groups in total. The Morgan fingerprint density at radius 1 is 1.10 bits per heavy atom. The minimum absolute atomic E-state index is 0.0822. The third-order valence-electron chi connectivity index (χ3n) is 5.27. The first kappa shape index (κ1) is 30.1. The van der Waals surface area contributed by atoms with E-state index in [-0.39, 0.29) is 38.6 Å². The van der Waals surface area contributed by atoms with Gasteiger partial charge in [0.1, 0.15) is 6.61 Å². The molecule has 0 saturated heterocycles. The molecule has 2 aromatic rings. The van der Waals surface area contributed by atoms with E-state index in [2.05, 4.69) is 15.6 Å². The van der Waals surface area contributed by atoms with Gasteiger partial charge < -0.3 is 14.2 Å². The maximum atomic E-state index is 14.6. The van der Waals surface area contributed by atoms with Gasteiger partial charge in [-0.2, -0.15) is 17.2 Å². The van der Waals surface area contributed by atoms with E-state index in [0.717, 1.165) is 6.07 Å². The topological polar surface area (TPSA) is 143 Å². The first-order valence-electron chi connectivity index (χ1n) is 11.3. The molecule has 210 valence electrons. The van der Waals surface area contributed by atoms with Crippen molar-refractivity contribution < 1.29 is 54.9 Å². The first-order valence-corrected chi connectivity index (χ1v) is 13.1. The Hall–Kier alpha value is -3.46. The molecule has 0 fully saturated rings. The predicted molar refractivity (Wildman–Crippen MR) is 131 cm³/mol. The van der Waals surface area contributed by atoms with Crippen LogP contribution in [0.1, 0.15) is 47.4 Å². The minimum Gasteiger partial charge on any atom is -0.458 e. The lowest BCUT2D eigenvalue weighted by atomic mass is 9.95. The summed E-state index contributed by atoms with van der Waals surface area (Å²) in [5.41, 5.74) is -0.390. The van der Waals surface area contributed by atoms with Gasteiger partial charge in [0, 0.05) is 27.8 Å². The van der Waals surface area contributed by atoms with Gasteiger partial charge in [0.15, 0.2) is 0 Å². The van der Waals surface area contributed by atoms with Crippen molar-refractivity contribution in [3.63, 3.8) is 0 Å². The molecule has 1 atom stereocenters. The van der Waals surface area contributed by atoms with E-state index in [1.165, 1.54) is 31.2 Å². The maximum absolute atomic E-state index is 14.6. The molecule has 0 radical (unpaired) electrons. The third kappa shape index (κ3) is 6.08.